The molecule has 2 aliphatic heterocycles. The predicted octanol–water partition coefficient (Wildman–Crippen LogP) is 2.33. The fourth-order valence-corrected chi connectivity index (χ4v) is 3.88. The van der Waals surface area contributed by atoms with Crippen molar-refractivity contribution >= 4 is 11.9 Å². The number of anilines is 1. The highest BCUT2D eigenvalue weighted by atomic mass is 16.2. The molecule has 1 aromatic rings. The number of nitrogens with zero attached hydrogens (tertiary/aromatic N) is 5. The van der Waals surface area contributed by atoms with E-state index >= 15 is 0 Å². The molecular formula is C19H31N5O. The Hall–Kier alpha value is -1.69. The maximum atomic E-state index is 13.0. The average molecular weight is 345 g/mol. The maximum Gasteiger partial charge on any atom is 0.257 e. The van der Waals surface area contributed by atoms with Crippen LogP contribution in [0, 0.1) is 6.92 Å². The topological polar surface area (TPSA) is 52.6 Å². The quantitative estimate of drug-likeness (QED) is 0.842. The smallest absolute Gasteiger partial charge is 0.257 e. The van der Waals surface area contributed by atoms with Gasteiger partial charge in [-0.3, -0.25) is 4.79 Å². The number of amides is 1. The molecular weight excluding hydrogens is 314 g/mol. The van der Waals surface area contributed by atoms with E-state index in [1.165, 1.54) is 19.3 Å². The van der Waals surface area contributed by atoms with Gasteiger partial charge in [0.05, 0.1) is 11.3 Å². The van der Waals surface area contributed by atoms with Gasteiger partial charge in [0, 0.05) is 38.4 Å². The van der Waals surface area contributed by atoms with Crippen LogP contribution in [0.15, 0.2) is 6.20 Å². The SMILES string of the molecule is Cc1nc(N2CCCCC2)ncc1C(=O)N1CCC[C@@H](N(C)C)CC1. The zero-order valence-corrected chi connectivity index (χ0v) is 15.9. The van der Waals surface area contributed by atoms with Crippen molar-refractivity contribution in [3.8, 4) is 0 Å². The number of aryl methyl sites for hydroxylation is 1. The summed E-state index contributed by atoms with van der Waals surface area (Å²) in [6.45, 7) is 5.61. The number of carbonyl (C=O) groups excluding carboxylic acids is 1. The van der Waals surface area contributed by atoms with Crippen molar-refractivity contribution in [3.63, 3.8) is 0 Å². The van der Waals surface area contributed by atoms with Gasteiger partial charge in [0.15, 0.2) is 0 Å². The number of hydrogen-bond donors (Lipinski definition) is 0. The monoisotopic (exact) mass is 345 g/mol. The van der Waals surface area contributed by atoms with Gasteiger partial charge in [-0.05, 0) is 59.5 Å². The predicted molar refractivity (Wildman–Crippen MR) is 100 cm³/mol. The Morgan fingerprint density at radius 1 is 1.08 bits per heavy atom. The summed E-state index contributed by atoms with van der Waals surface area (Å²) in [5.41, 5.74) is 1.46. The van der Waals surface area contributed by atoms with E-state index in [0.717, 1.165) is 57.1 Å². The Balaban J connectivity index is 1.69. The third kappa shape index (κ3) is 4.29. The van der Waals surface area contributed by atoms with Crippen molar-refractivity contribution in [2.45, 2.75) is 51.5 Å². The van der Waals surface area contributed by atoms with Crippen LogP contribution in [0.4, 0.5) is 5.95 Å². The van der Waals surface area contributed by atoms with E-state index in [1.807, 2.05) is 11.8 Å². The van der Waals surface area contributed by atoms with E-state index < -0.39 is 0 Å². The van der Waals surface area contributed by atoms with Crippen LogP contribution in [0.5, 0.6) is 0 Å². The molecule has 2 aliphatic rings. The molecule has 6 heteroatoms. The summed E-state index contributed by atoms with van der Waals surface area (Å²) in [6, 6.07) is 0.566. The van der Waals surface area contributed by atoms with Crippen molar-refractivity contribution in [3.05, 3.63) is 17.5 Å². The van der Waals surface area contributed by atoms with Crippen LogP contribution in [-0.4, -0.2) is 72.0 Å². The third-order valence-corrected chi connectivity index (χ3v) is 5.55. The maximum absolute atomic E-state index is 13.0. The summed E-state index contributed by atoms with van der Waals surface area (Å²) < 4.78 is 0. The zero-order valence-electron chi connectivity index (χ0n) is 15.9. The summed E-state index contributed by atoms with van der Waals surface area (Å²) in [6.07, 6.45) is 8.66. The van der Waals surface area contributed by atoms with Crippen LogP contribution in [0.1, 0.15) is 54.6 Å². The molecule has 0 unspecified atom stereocenters. The van der Waals surface area contributed by atoms with Gasteiger partial charge in [-0.2, -0.15) is 0 Å². The van der Waals surface area contributed by atoms with E-state index in [1.54, 1.807) is 6.20 Å². The summed E-state index contributed by atoms with van der Waals surface area (Å²) in [4.78, 5) is 28.6. The lowest BCUT2D eigenvalue weighted by Crippen LogP contribution is -2.35. The van der Waals surface area contributed by atoms with Gasteiger partial charge in [0.1, 0.15) is 0 Å². The number of piperidine rings is 1. The molecule has 0 aliphatic carbocycles. The van der Waals surface area contributed by atoms with Crippen LogP contribution in [0.25, 0.3) is 0 Å². The highest BCUT2D eigenvalue weighted by molar-refractivity contribution is 5.95. The lowest BCUT2D eigenvalue weighted by Gasteiger charge is -2.27. The number of rotatable bonds is 3. The molecule has 2 saturated heterocycles. The Labute approximate surface area is 151 Å². The van der Waals surface area contributed by atoms with Crippen LogP contribution < -0.4 is 4.90 Å². The molecule has 0 aromatic carbocycles. The number of likely N-dealkylation sites (tertiary alicyclic amines) is 1. The van der Waals surface area contributed by atoms with E-state index in [9.17, 15) is 4.79 Å². The summed E-state index contributed by atoms with van der Waals surface area (Å²) in [5.74, 6) is 0.861. The van der Waals surface area contributed by atoms with Crippen LogP contribution >= 0.6 is 0 Å². The fourth-order valence-electron chi connectivity index (χ4n) is 3.88. The minimum absolute atomic E-state index is 0.0853. The van der Waals surface area contributed by atoms with Gasteiger partial charge >= 0.3 is 0 Å². The van der Waals surface area contributed by atoms with Gasteiger partial charge < -0.3 is 14.7 Å². The Morgan fingerprint density at radius 3 is 2.52 bits per heavy atom. The summed E-state index contributed by atoms with van der Waals surface area (Å²) >= 11 is 0. The molecule has 1 aromatic heterocycles. The van der Waals surface area contributed by atoms with Crippen LogP contribution in [-0.2, 0) is 0 Å². The van der Waals surface area contributed by atoms with E-state index in [-0.39, 0.29) is 5.91 Å². The Kier molecular flexibility index (Phi) is 5.89. The highest BCUT2D eigenvalue weighted by Crippen LogP contribution is 2.20. The lowest BCUT2D eigenvalue weighted by atomic mass is 10.1. The fraction of sp³-hybridized carbons (Fsp3) is 0.737. The second-order valence-electron chi connectivity index (χ2n) is 7.56. The molecule has 0 spiro atoms. The number of carbonyl (C=O) groups is 1. The molecule has 3 heterocycles. The second kappa shape index (κ2) is 8.13. The molecule has 6 nitrogen and oxygen atoms in total. The normalized spacial score (nSPS) is 22.2. The van der Waals surface area contributed by atoms with E-state index in [4.69, 9.17) is 0 Å². The first-order valence-electron chi connectivity index (χ1n) is 9.60. The van der Waals surface area contributed by atoms with Gasteiger partial charge in [-0.15, -0.1) is 0 Å². The van der Waals surface area contributed by atoms with Crippen molar-refractivity contribution in [2.75, 3.05) is 45.2 Å². The molecule has 0 saturated carbocycles. The van der Waals surface area contributed by atoms with E-state index in [0.29, 0.717) is 11.6 Å². The Bertz CT molecular complexity index is 597. The molecule has 1 atom stereocenters. The summed E-state index contributed by atoms with van der Waals surface area (Å²) in [5, 5.41) is 0. The average Bonchev–Trinajstić information content (AvgIpc) is 2.88. The van der Waals surface area contributed by atoms with Crippen molar-refractivity contribution in [2.24, 2.45) is 0 Å². The first kappa shape index (κ1) is 18.1. The van der Waals surface area contributed by atoms with Crippen molar-refractivity contribution in [1.29, 1.82) is 0 Å². The first-order chi connectivity index (χ1) is 12.1. The van der Waals surface area contributed by atoms with Gasteiger partial charge in [0.25, 0.3) is 5.91 Å². The first-order valence-corrected chi connectivity index (χ1v) is 9.60. The number of hydrogen-bond acceptors (Lipinski definition) is 5. The minimum Gasteiger partial charge on any atom is -0.341 e. The van der Waals surface area contributed by atoms with E-state index in [2.05, 4.69) is 33.9 Å². The second-order valence-corrected chi connectivity index (χ2v) is 7.56. The van der Waals surface area contributed by atoms with Crippen molar-refractivity contribution < 1.29 is 4.79 Å². The number of aromatic nitrogens is 2. The minimum atomic E-state index is 0.0853. The molecule has 138 valence electrons. The summed E-state index contributed by atoms with van der Waals surface area (Å²) in [7, 11) is 4.25. The van der Waals surface area contributed by atoms with Gasteiger partial charge in [-0.25, -0.2) is 9.97 Å². The van der Waals surface area contributed by atoms with Crippen LogP contribution in [0.3, 0.4) is 0 Å². The molecule has 0 bridgehead atoms. The lowest BCUT2D eigenvalue weighted by molar-refractivity contribution is 0.0757. The zero-order chi connectivity index (χ0) is 17.8. The largest absolute Gasteiger partial charge is 0.341 e. The molecule has 2 fully saturated rings. The molecule has 1 amide bonds. The van der Waals surface area contributed by atoms with Gasteiger partial charge in [-0.1, -0.05) is 0 Å². The van der Waals surface area contributed by atoms with Gasteiger partial charge in [0.2, 0.25) is 5.95 Å². The molecule has 3 rings (SSSR count). The third-order valence-electron chi connectivity index (χ3n) is 5.55. The molecule has 25 heavy (non-hydrogen) atoms. The molecule has 0 N–H and O–H groups in total. The van der Waals surface area contributed by atoms with Crippen molar-refractivity contribution in [1.82, 2.24) is 19.8 Å². The Morgan fingerprint density at radius 2 is 1.84 bits per heavy atom. The highest BCUT2D eigenvalue weighted by Gasteiger charge is 2.24. The molecule has 0 radical (unpaired) electrons. The standard InChI is InChI=1S/C19H31N5O/c1-15-17(14-20-19(21-15)24-10-5-4-6-11-24)18(25)23-12-7-8-16(9-13-23)22(2)3/h14,16H,4-13H2,1-3H3/t16-/m1/s1. The van der Waals surface area contributed by atoms with Crippen LogP contribution in [0.2, 0.25) is 0 Å².